The van der Waals surface area contributed by atoms with Gasteiger partial charge in [0.05, 0.1) is 5.69 Å². The lowest BCUT2D eigenvalue weighted by Crippen LogP contribution is -2.28. The molecule has 20 heavy (non-hydrogen) atoms. The Balaban J connectivity index is 2.07. The quantitative estimate of drug-likeness (QED) is 0.338. The monoisotopic (exact) mass is 341 g/mol. The molecule has 1 aliphatic rings. The SMILES string of the molecule is N/C(=N/O)c1ccc(NC(=O)C2CCOCC2)c(Br)c1. The normalized spacial score (nSPS) is 16.9. The number of hydrogen-bond donors (Lipinski definition) is 3. The summed E-state index contributed by atoms with van der Waals surface area (Å²) in [5.41, 5.74) is 6.74. The molecule has 7 heteroatoms. The number of carbonyl (C=O) groups excluding carboxylic acids is 1. The summed E-state index contributed by atoms with van der Waals surface area (Å²) in [6.07, 6.45) is 1.48. The predicted octanol–water partition coefficient (Wildman–Crippen LogP) is 1.91. The van der Waals surface area contributed by atoms with Gasteiger partial charge in [0, 0.05) is 29.2 Å². The Morgan fingerprint density at radius 2 is 2.15 bits per heavy atom. The second kappa shape index (κ2) is 6.71. The molecule has 6 nitrogen and oxygen atoms in total. The number of ether oxygens (including phenoxy) is 1. The Morgan fingerprint density at radius 1 is 1.45 bits per heavy atom. The highest BCUT2D eigenvalue weighted by atomic mass is 79.9. The summed E-state index contributed by atoms with van der Waals surface area (Å²) < 4.78 is 5.92. The topological polar surface area (TPSA) is 96.9 Å². The van der Waals surface area contributed by atoms with E-state index in [1.165, 1.54) is 0 Å². The minimum atomic E-state index is -0.0144. The lowest BCUT2D eigenvalue weighted by molar-refractivity contribution is -0.122. The first-order valence-corrected chi connectivity index (χ1v) is 7.07. The molecular formula is C13H16BrN3O3. The number of rotatable bonds is 3. The fraction of sp³-hybridized carbons (Fsp3) is 0.385. The highest BCUT2D eigenvalue weighted by molar-refractivity contribution is 9.10. The molecular weight excluding hydrogens is 326 g/mol. The zero-order valence-electron chi connectivity index (χ0n) is 10.8. The van der Waals surface area contributed by atoms with Crippen LogP contribution in [0, 0.1) is 5.92 Å². The summed E-state index contributed by atoms with van der Waals surface area (Å²) in [7, 11) is 0. The van der Waals surface area contributed by atoms with E-state index in [-0.39, 0.29) is 17.7 Å². The van der Waals surface area contributed by atoms with Crippen molar-refractivity contribution in [3.63, 3.8) is 0 Å². The molecule has 1 aromatic rings. The third-order valence-corrected chi connectivity index (χ3v) is 3.88. The molecule has 1 saturated heterocycles. The van der Waals surface area contributed by atoms with Gasteiger partial charge in [-0.1, -0.05) is 5.16 Å². The molecule has 0 atom stereocenters. The van der Waals surface area contributed by atoms with E-state index in [9.17, 15) is 4.79 Å². The summed E-state index contributed by atoms with van der Waals surface area (Å²) in [6, 6.07) is 5.09. The molecule has 0 spiro atoms. The molecule has 1 aliphatic heterocycles. The van der Waals surface area contributed by atoms with Crippen molar-refractivity contribution >= 4 is 33.4 Å². The van der Waals surface area contributed by atoms with Crippen LogP contribution >= 0.6 is 15.9 Å². The van der Waals surface area contributed by atoms with E-state index >= 15 is 0 Å². The maximum Gasteiger partial charge on any atom is 0.227 e. The van der Waals surface area contributed by atoms with Crippen molar-refractivity contribution in [1.29, 1.82) is 0 Å². The molecule has 1 amide bonds. The van der Waals surface area contributed by atoms with E-state index in [1.54, 1.807) is 18.2 Å². The third kappa shape index (κ3) is 3.49. The van der Waals surface area contributed by atoms with Crippen molar-refractivity contribution in [3.05, 3.63) is 28.2 Å². The number of nitrogens with one attached hydrogen (secondary N) is 1. The average molecular weight is 342 g/mol. The summed E-state index contributed by atoms with van der Waals surface area (Å²) in [6.45, 7) is 1.25. The fourth-order valence-corrected chi connectivity index (χ4v) is 2.51. The summed E-state index contributed by atoms with van der Waals surface area (Å²) in [5, 5.41) is 14.4. The van der Waals surface area contributed by atoms with Crippen molar-refractivity contribution in [2.75, 3.05) is 18.5 Å². The van der Waals surface area contributed by atoms with Crippen molar-refractivity contribution in [3.8, 4) is 0 Å². The standard InChI is InChI=1S/C13H16BrN3O3/c14-10-7-9(12(15)17-19)1-2-11(10)16-13(18)8-3-5-20-6-4-8/h1-2,7-8,19H,3-6H2,(H2,15,17)(H,16,18). The number of amides is 1. The minimum absolute atomic E-state index is 0.00875. The Labute approximate surface area is 125 Å². The maximum atomic E-state index is 12.1. The number of hydrogen-bond acceptors (Lipinski definition) is 4. The van der Waals surface area contributed by atoms with E-state index in [0.717, 1.165) is 12.8 Å². The van der Waals surface area contributed by atoms with Crippen molar-refractivity contribution in [2.45, 2.75) is 12.8 Å². The van der Waals surface area contributed by atoms with Crippen LogP contribution in [0.25, 0.3) is 0 Å². The lowest BCUT2D eigenvalue weighted by atomic mass is 9.99. The van der Waals surface area contributed by atoms with E-state index in [1.807, 2.05) is 0 Å². The summed E-state index contributed by atoms with van der Waals surface area (Å²) in [5.74, 6) is -0.00190. The largest absolute Gasteiger partial charge is 0.409 e. The van der Waals surface area contributed by atoms with Gasteiger partial charge < -0.3 is 21.0 Å². The highest BCUT2D eigenvalue weighted by Crippen LogP contribution is 2.25. The number of anilines is 1. The molecule has 0 radical (unpaired) electrons. The number of carbonyl (C=O) groups is 1. The zero-order chi connectivity index (χ0) is 14.5. The van der Waals surface area contributed by atoms with E-state index in [4.69, 9.17) is 15.7 Å². The molecule has 1 heterocycles. The van der Waals surface area contributed by atoms with Gasteiger partial charge >= 0.3 is 0 Å². The Kier molecular flexibility index (Phi) is 4.97. The van der Waals surface area contributed by atoms with Crippen molar-refractivity contribution < 1.29 is 14.7 Å². The van der Waals surface area contributed by atoms with Gasteiger partial charge in [0.1, 0.15) is 0 Å². The van der Waals surface area contributed by atoms with Crippen LogP contribution in [0.1, 0.15) is 18.4 Å². The van der Waals surface area contributed by atoms with Gasteiger partial charge in [-0.3, -0.25) is 4.79 Å². The Morgan fingerprint density at radius 3 is 2.75 bits per heavy atom. The first-order valence-electron chi connectivity index (χ1n) is 6.28. The highest BCUT2D eigenvalue weighted by Gasteiger charge is 2.22. The van der Waals surface area contributed by atoms with Crippen LogP contribution in [-0.4, -0.2) is 30.2 Å². The second-order valence-corrected chi connectivity index (χ2v) is 5.41. The van der Waals surface area contributed by atoms with Crippen molar-refractivity contribution in [2.24, 2.45) is 16.8 Å². The first kappa shape index (κ1) is 14.8. The molecule has 2 rings (SSSR count). The van der Waals surface area contributed by atoms with E-state index < -0.39 is 0 Å². The predicted molar refractivity (Wildman–Crippen MR) is 78.8 cm³/mol. The molecule has 1 fully saturated rings. The number of oxime groups is 1. The molecule has 1 aromatic carbocycles. The first-order chi connectivity index (χ1) is 9.61. The number of halogens is 1. The van der Waals surface area contributed by atoms with Crippen LogP contribution in [-0.2, 0) is 9.53 Å². The summed E-state index contributed by atoms with van der Waals surface area (Å²) in [4.78, 5) is 12.1. The average Bonchev–Trinajstić information content (AvgIpc) is 2.49. The van der Waals surface area contributed by atoms with Crippen molar-refractivity contribution in [1.82, 2.24) is 0 Å². The van der Waals surface area contributed by atoms with Crippen LogP contribution in [0.4, 0.5) is 5.69 Å². The van der Waals surface area contributed by atoms with Gasteiger partial charge in [-0.25, -0.2) is 0 Å². The van der Waals surface area contributed by atoms with Gasteiger partial charge in [-0.15, -0.1) is 0 Å². The van der Waals surface area contributed by atoms with Gasteiger partial charge in [0.2, 0.25) is 5.91 Å². The smallest absolute Gasteiger partial charge is 0.227 e. The van der Waals surface area contributed by atoms with Crippen LogP contribution in [0.5, 0.6) is 0 Å². The lowest BCUT2D eigenvalue weighted by Gasteiger charge is -2.21. The second-order valence-electron chi connectivity index (χ2n) is 4.56. The number of nitrogens with two attached hydrogens (primary N) is 1. The van der Waals surface area contributed by atoms with Crippen LogP contribution < -0.4 is 11.1 Å². The number of benzene rings is 1. The zero-order valence-corrected chi connectivity index (χ0v) is 12.4. The number of nitrogens with zero attached hydrogens (tertiary/aromatic N) is 1. The van der Waals surface area contributed by atoms with Crippen LogP contribution in [0.15, 0.2) is 27.8 Å². The Hall–Kier alpha value is -1.60. The summed E-state index contributed by atoms with van der Waals surface area (Å²) >= 11 is 3.37. The molecule has 0 saturated carbocycles. The van der Waals surface area contributed by atoms with E-state index in [0.29, 0.717) is 28.9 Å². The molecule has 4 N–H and O–H groups in total. The third-order valence-electron chi connectivity index (χ3n) is 3.22. The molecule has 0 bridgehead atoms. The molecule has 0 unspecified atom stereocenters. The fourth-order valence-electron chi connectivity index (χ4n) is 2.03. The van der Waals surface area contributed by atoms with Gasteiger partial charge in [0.15, 0.2) is 5.84 Å². The molecule has 0 aromatic heterocycles. The molecule has 0 aliphatic carbocycles. The maximum absolute atomic E-state index is 12.1. The Bertz CT molecular complexity index is 528. The van der Waals surface area contributed by atoms with Gasteiger partial charge in [-0.2, -0.15) is 0 Å². The van der Waals surface area contributed by atoms with E-state index in [2.05, 4.69) is 26.4 Å². The van der Waals surface area contributed by atoms with Crippen LogP contribution in [0.3, 0.4) is 0 Å². The van der Waals surface area contributed by atoms with Crippen LogP contribution in [0.2, 0.25) is 0 Å². The van der Waals surface area contributed by atoms with Gasteiger partial charge in [-0.05, 0) is 47.0 Å². The number of amidine groups is 1. The minimum Gasteiger partial charge on any atom is -0.409 e. The van der Waals surface area contributed by atoms with Gasteiger partial charge in [0.25, 0.3) is 0 Å². The molecule has 108 valence electrons.